The van der Waals surface area contributed by atoms with Gasteiger partial charge in [0.2, 0.25) is 0 Å². The summed E-state index contributed by atoms with van der Waals surface area (Å²) >= 11 is 2.12. The van der Waals surface area contributed by atoms with Crippen LogP contribution in [0.15, 0.2) is 24.3 Å². The lowest BCUT2D eigenvalue weighted by molar-refractivity contribution is -0.127. The number of amides is 3. The Hall–Kier alpha value is -1.64. The topological polar surface area (TPSA) is 84.5 Å². The number of carbonyl (C=O) groups excluding carboxylic acids is 3. The van der Waals surface area contributed by atoms with Crippen molar-refractivity contribution < 1.29 is 19.1 Å². The minimum absolute atomic E-state index is 0.350. The maximum atomic E-state index is 11.8. The van der Waals surface area contributed by atoms with Crippen molar-refractivity contribution in [3.8, 4) is 0 Å². The maximum Gasteiger partial charge on any atom is 0.338 e. The number of halogens is 1. The number of hydrogen-bond acceptors (Lipinski definition) is 4. The second kappa shape index (κ2) is 7.83. The van der Waals surface area contributed by atoms with E-state index in [1.165, 1.54) is 6.92 Å². The number of rotatable bonds is 4. The molecule has 1 atom stereocenters. The monoisotopic (exact) mass is 390 g/mol. The van der Waals surface area contributed by atoms with Gasteiger partial charge in [-0.15, -0.1) is 0 Å². The van der Waals surface area contributed by atoms with Gasteiger partial charge in [0.25, 0.3) is 5.91 Å². The Bertz CT molecular complexity index is 502. The Balaban J connectivity index is 2.54. The largest absolute Gasteiger partial charge is 0.449 e. The fourth-order valence-electron chi connectivity index (χ4n) is 1.29. The summed E-state index contributed by atoms with van der Waals surface area (Å²) in [6, 6.07) is 6.12. The second-order valence-electron chi connectivity index (χ2n) is 3.90. The van der Waals surface area contributed by atoms with Crippen LogP contribution in [-0.4, -0.2) is 30.6 Å². The van der Waals surface area contributed by atoms with Crippen molar-refractivity contribution in [2.24, 2.45) is 0 Å². The van der Waals surface area contributed by atoms with E-state index in [2.05, 4.69) is 33.2 Å². The highest BCUT2D eigenvalue weighted by molar-refractivity contribution is 14.1. The summed E-state index contributed by atoms with van der Waals surface area (Å²) in [5.41, 5.74) is 0.350. The molecule has 3 amide bonds. The number of esters is 1. The van der Waals surface area contributed by atoms with E-state index in [9.17, 15) is 14.4 Å². The first-order valence-corrected chi connectivity index (χ1v) is 7.07. The molecule has 2 N–H and O–H groups in total. The molecule has 0 saturated heterocycles. The number of imide groups is 1. The van der Waals surface area contributed by atoms with Crippen LogP contribution in [0, 0.1) is 3.57 Å². The van der Waals surface area contributed by atoms with Gasteiger partial charge >= 0.3 is 12.0 Å². The highest BCUT2D eigenvalue weighted by atomic mass is 127. The molecule has 0 aliphatic rings. The van der Waals surface area contributed by atoms with Crippen LogP contribution in [0.2, 0.25) is 0 Å². The third kappa shape index (κ3) is 5.16. The van der Waals surface area contributed by atoms with Gasteiger partial charge in [-0.3, -0.25) is 10.1 Å². The van der Waals surface area contributed by atoms with Crippen LogP contribution in [-0.2, 0) is 9.53 Å². The molecule has 20 heavy (non-hydrogen) atoms. The van der Waals surface area contributed by atoms with Crippen molar-refractivity contribution in [2.75, 3.05) is 6.54 Å². The lowest BCUT2D eigenvalue weighted by Gasteiger charge is -2.13. The molecule has 0 fully saturated rings. The predicted octanol–water partition coefficient (Wildman–Crippen LogP) is 1.68. The third-order valence-corrected chi connectivity index (χ3v) is 3.03. The quantitative estimate of drug-likeness (QED) is 0.606. The van der Waals surface area contributed by atoms with Crippen LogP contribution in [0.4, 0.5) is 4.79 Å². The predicted molar refractivity (Wildman–Crippen MR) is 81.3 cm³/mol. The molecule has 0 saturated carbocycles. The molecule has 0 spiro atoms. The first-order chi connectivity index (χ1) is 9.43. The minimum atomic E-state index is -1.05. The molecule has 108 valence electrons. The van der Waals surface area contributed by atoms with Gasteiger partial charge in [0.05, 0.1) is 5.56 Å². The van der Waals surface area contributed by atoms with Gasteiger partial charge < -0.3 is 10.1 Å². The molecule has 1 aromatic rings. The Morgan fingerprint density at radius 3 is 2.40 bits per heavy atom. The third-order valence-electron chi connectivity index (χ3n) is 2.31. The molecule has 0 aliphatic carbocycles. The van der Waals surface area contributed by atoms with Gasteiger partial charge in [-0.05, 0) is 60.7 Å². The standard InChI is InChI=1S/C13H15IN2O4/c1-3-15-13(19)16-11(17)8(2)20-12(18)9-4-6-10(14)7-5-9/h4-8H,3H2,1-2H3,(H2,15,16,17,19). The minimum Gasteiger partial charge on any atom is -0.449 e. The van der Waals surface area contributed by atoms with Gasteiger partial charge in [0.1, 0.15) is 0 Å². The molecule has 0 heterocycles. The van der Waals surface area contributed by atoms with Gasteiger partial charge in [-0.2, -0.15) is 0 Å². The summed E-state index contributed by atoms with van der Waals surface area (Å²) in [6.45, 7) is 3.53. The van der Waals surface area contributed by atoms with Crippen molar-refractivity contribution >= 4 is 40.5 Å². The molecule has 7 heteroatoms. The number of nitrogens with one attached hydrogen (secondary N) is 2. The van der Waals surface area contributed by atoms with Crippen LogP contribution in [0.3, 0.4) is 0 Å². The smallest absolute Gasteiger partial charge is 0.338 e. The average molecular weight is 390 g/mol. The van der Waals surface area contributed by atoms with Crippen molar-refractivity contribution in [3.05, 3.63) is 33.4 Å². The summed E-state index contributed by atoms with van der Waals surface area (Å²) in [4.78, 5) is 34.5. The molecule has 1 aromatic carbocycles. The summed E-state index contributed by atoms with van der Waals surface area (Å²) in [7, 11) is 0. The maximum absolute atomic E-state index is 11.8. The van der Waals surface area contributed by atoms with Gasteiger partial charge in [0, 0.05) is 10.1 Å². The van der Waals surface area contributed by atoms with Crippen molar-refractivity contribution in [3.63, 3.8) is 0 Å². The normalized spacial score (nSPS) is 11.3. The SMILES string of the molecule is CCNC(=O)NC(=O)C(C)OC(=O)c1ccc(I)cc1. The summed E-state index contributed by atoms with van der Waals surface area (Å²) < 4.78 is 5.97. The van der Waals surface area contributed by atoms with Crippen molar-refractivity contribution in [1.82, 2.24) is 10.6 Å². The lowest BCUT2D eigenvalue weighted by Crippen LogP contribution is -2.44. The molecule has 0 bridgehead atoms. The van der Waals surface area contributed by atoms with E-state index in [4.69, 9.17) is 4.74 Å². The molecule has 0 aromatic heterocycles. The Morgan fingerprint density at radius 1 is 1.25 bits per heavy atom. The molecule has 1 rings (SSSR count). The van der Waals surface area contributed by atoms with Crippen LogP contribution in [0.5, 0.6) is 0 Å². The fourth-order valence-corrected chi connectivity index (χ4v) is 1.65. The number of carbonyl (C=O) groups is 3. The lowest BCUT2D eigenvalue weighted by atomic mass is 10.2. The van der Waals surface area contributed by atoms with Crippen LogP contribution >= 0.6 is 22.6 Å². The van der Waals surface area contributed by atoms with Gasteiger partial charge in [-0.25, -0.2) is 9.59 Å². The number of ether oxygens (including phenoxy) is 1. The first kappa shape index (κ1) is 16.4. The molecule has 1 unspecified atom stereocenters. The number of urea groups is 1. The molecule has 6 nitrogen and oxygen atoms in total. The van der Waals surface area contributed by atoms with E-state index < -0.39 is 24.0 Å². The molecule has 0 radical (unpaired) electrons. The average Bonchev–Trinajstić information content (AvgIpc) is 2.39. The second-order valence-corrected chi connectivity index (χ2v) is 5.15. The molecular weight excluding hydrogens is 375 g/mol. The van der Waals surface area contributed by atoms with Crippen molar-refractivity contribution in [1.29, 1.82) is 0 Å². The van der Waals surface area contributed by atoms with E-state index in [-0.39, 0.29) is 0 Å². The van der Waals surface area contributed by atoms with Crippen LogP contribution in [0.1, 0.15) is 24.2 Å². The number of benzene rings is 1. The van der Waals surface area contributed by atoms with E-state index in [1.54, 1.807) is 31.2 Å². The van der Waals surface area contributed by atoms with E-state index in [0.29, 0.717) is 12.1 Å². The fraction of sp³-hybridized carbons (Fsp3) is 0.308. The summed E-state index contributed by atoms with van der Waals surface area (Å²) in [5.74, 6) is -1.28. The number of hydrogen-bond donors (Lipinski definition) is 2. The van der Waals surface area contributed by atoms with Crippen LogP contribution in [0.25, 0.3) is 0 Å². The molecule has 0 aliphatic heterocycles. The van der Waals surface area contributed by atoms with Gasteiger partial charge in [-0.1, -0.05) is 0 Å². The Labute approximate surface area is 130 Å². The summed E-state index contributed by atoms with van der Waals surface area (Å²) in [6.07, 6.45) is -1.05. The Morgan fingerprint density at radius 2 is 1.85 bits per heavy atom. The van der Waals surface area contributed by atoms with Gasteiger partial charge in [0.15, 0.2) is 6.10 Å². The highest BCUT2D eigenvalue weighted by Gasteiger charge is 2.20. The van der Waals surface area contributed by atoms with E-state index in [0.717, 1.165) is 3.57 Å². The van der Waals surface area contributed by atoms with Crippen molar-refractivity contribution in [2.45, 2.75) is 20.0 Å². The highest BCUT2D eigenvalue weighted by Crippen LogP contribution is 2.09. The Kier molecular flexibility index (Phi) is 6.43. The summed E-state index contributed by atoms with van der Waals surface area (Å²) in [5, 5.41) is 4.49. The first-order valence-electron chi connectivity index (χ1n) is 5.99. The molecular formula is C13H15IN2O4. The zero-order valence-electron chi connectivity index (χ0n) is 11.1. The zero-order chi connectivity index (χ0) is 15.1. The zero-order valence-corrected chi connectivity index (χ0v) is 13.3. The van der Waals surface area contributed by atoms with E-state index >= 15 is 0 Å². The van der Waals surface area contributed by atoms with Crippen LogP contribution < -0.4 is 10.6 Å². The van der Waals surface area contributed by atoms with E-state index in [1.807, 2.05) is 0 Å².